The van der Waals surface area contributed by atoms with Crippen molar-refractivity contribution in [1.82, 2.24) is 14.8 Å². The van der Waals surface area contributed by atoms with Crippen molar-refractivity contribution in [3.05, 3.63) is 17.4 Å². The van der Waals surface area contributed by atoms with Gasteiger partial charge in [0.2, 0.25) is 0 Å². The summed E-state index contributed by atoms with van der Waals surface area (Å²) in [6.07, 6.45) is 3.94. The summed E-state index contributed by atoms with van der Waals surface area (Å²) in [5, 5.41) is 9.78. The summed E-state index contributed by atoms with van der Waals surface area (Å²) in [6, 6.07) is 2.15. The third kappa shape index (κ3) is 3.31. The number of methoxy groups -OCH3 is 1. The second-order valence-corrected chi connectivity index (χ2v) is 14.0. The molecule has 1 fully saturated rings. The monoisotopic (exact) mass is 381 g/mol. The standard InChI is InChI=1S/C18H28ClN3O2Si/c1-17(2,3)25(6,7)24-18(4)9-12(10-18)22-11-14(23-5)13-8-15(19)20-21-16(13)22/h8,11-12H,9-10H2,1-7H3. The summed E-state index contributed by atoms with van der Waals surface area (Å²) in [5.41, 5.74) is 0.748. The van der Waals surface area contributed by atoms with E-state index in [2.05, 4.69) is 55.6 Å². The van der Waals surface area contributed by atoms with E-state index in [0.29, 0.717) is 11.2 Å². The minimum atomic E-state index is -1.78. The Balaban J connectivity index is 1.82. The number of rotatable bonds is 4. The number of fused-ring (bicyclic) bond motifs is 1. The normalized spacial score (nSPS) is 24.4. The van der Waals surface area contributed by atoms with Gasteiger partial charge in [-0.25, -0.2) is 0 Å². The van der Waals surface area contributed by atoms with E-state index in [1.807, 2.05) is 12.3 Å². The smallest absolute Gasteiger partial charge is 0.192 e. The molecule has 1 aliphatic rings. The zero-order valence-corrected chi connectivity index (χ0v) is 17.9. The fourth-order valence-corrected chi connectivity index (χ4v) is 5.27. The lowest BCUT2D eigenvalue weighted by Crippen LogP contribution is -2.54. The predicted molar refractivity (Wildman–Crippen MR) is 104 cm³/mol. The maximum Gasteiger partial charge on any atom is 0.192 e. The molecule has 0 aliphatic heterocycles. The molecule has 1 aliphatic carbocycles. The first-order valence-corrected chi connectivity index (χ1v) is 12.0. The highest BCUT2D eigenvalue weighted by molar-refractivity contribution is 6.74. The largest absolute Gasteiger partial charge is 0.494 e. The molecule has 5 nitrogen and oxygen atoms in total. The van der Waals surface area contributed by atoms with Crippen LogP contribution in [0, 0.1) is 0 Å². The maximum absolute atomic E-state index is 6.68. The molecule has 2 aromatic rings. The molecule has 0 saturated heterocycles. The van der Waals surface area contributed by atoms with Crippen LogP contribution in [0.1, 0.15) is 46.6 Å². The molecule has 138 valence electrons. The molecule has 0 aromatic carbocycles. The van der Waals surface area contributed by atoms with Crippen molar-refractivity contribution in [2.45, 2.75) is 70.3 Å². The minimum absolute atomic E-state index is 0.0721. The SMILES string of the molecule is COc1cn(C2CC(C)(O[Si](C)(C)C(C)(C)C)C2)c2nnc(Cl)cc12. The number of nitrogens with zero attached hydrogens (tertiary/aromatic N) is 3. The van der Waals surface area contributed by atoms with Gasteiger partial charge in [0.25, 0.3) is 0 Å². The zero-order chi connectivity index (χ0) is 18.6. The van der Waals surface area contributed by atoms with Crippen molar-refractivity contribution >= 4 is 31.0 Å². The predicted octanol–water partition coefficient (Wildman–Crippen LogP) is 5.21. The Morgan fingerprint density at radius 1 is 1.28 bits per heavy atom. The summed E-state index contributed by atoms with van der Waals surface area (Å²) < 4.78 is 14.3. The van der Waals surface area contributed by atoms with Crippen LogP contribution in [0.25, 0.3) is 11.0 Å². The lowest BCUT2D eigenvalue weighted by atomic mass is 9.77. The van der Waals surface area contributed by atoms with Gasteiger partial charge in [-0.15, -0.1) is 10.2 Å². The first kappa shape index (κ1) is 18.7. The first-order chi connectivity index (χ1) is 11.5. The lowest BCUT2D eigenvalue weighted by Gasteiger charge is -2.52. The van der Waals surface area contributed by atoms with Crippen molar-refractivity contribution in [1.29, 1.82) is 0 Å². The number of hydrogen-bond donors (Lipinski definition) is 0. The van der Waals surface area contributed by atoms with Crippen LogP contribution in [0.2, 0.25) is 23.3 Å². The quantitative estimate of drug-likeness (QED) is 0.682. The van der Waals surface area contributed by atoms with Gasteiger partial charge >= 0.3 is 0 Å². The fourth-order valence-electron chi connectivity index (χ4n) is 3.42. The molecular formula is C18H28ClN3O2Si. The topological polar surface area (TPSA) is 49.2 Å². The third-order valence-electron chi connectivity index (χ3n) is 5.77. The van der Waals surface area contributed by atoms with Gasteiger partial charge in [-0.3, -0.25) is 0 Å². The van der Waals surface area contributed by atoms with Gasteiger partial charge in [0, 0.05) is 12.2 Å². The van der Waals surface area contributed by atoms with Crippen LogP contribution in [-0.4, -0.2) is 35.8 Å². The van der Waals surface area contributed by atoms with E-state index in [1.54, 1.807) is 7.11 Å². The molecule has 0 amide bonds. The molecule has 2 aromatic heterocycles. The Morgan fingerprint density at radius 3 is 2.48 bits per heavy atom. The number of aromatic nitrogens is 3. The van der Waals surface area contributed by atoms with Crippen molar-refractivity contribution in [3.63, 3.8) is 0 Å². The van der Waals surface area contributed by atoms with Crippen molar-refractivity contribution in [2.24, 2.45) is 0 Å². The summed E-state index contributed by atoms with van der Waals surface area (Å²) in [5.74, 6) is 0.783. The summed E-state index contributed by atoms with van der Waals surface area (Å²) >= 11 is 5.99. The zero-order valence-electron chi connectivity index (χ0n) is 16.2. The van der Waals surface area contributed by atoms with Crippen molar-refractivity contribution in [3.8, 4) is 5.75 Å². The first-order valence-electron chi connectivity index (χ1n) is 8.74. The molecule has 0 bridgehead atoms. The van der Waals surface area contributed by atoms with E-state index in [-0.39, 0.29) is 10.6 Å². The Morgan fingerprint density at radius 2 is 1.92 bits per heavy atom. The molecule has 0 unspecified atom stereocenters. The molecule has 0 N–H and O–H groups in total. The van der Waals surface area contributed by atoms with Crippen LogP contribution in [0.4, 0.5) is 0 Å². The summed E-state index contributed by atoms with van der Waals surface area (Å²) in [7, 11) is -0.117. The van der Waals surface area contributed by atoms with Gasteiger partial charge in [0.05, 0.1) is 18.1 Å². The van der Waals surface area contributed by atoms with Crippen LogP contribution in [0.15, 0.2) is 12.3 Å². The Kier molecular flexibility index (Phi) is 4.45. The number of halogens is 1. The molecule has 0 spiro atoms. The van der Waals surface area contributed by atoms with Crippen LogP contribution >= 0.6 is 11.6 Å². The molecule has 7 heteroatoms. The molecule has 0 atom stereocenters. The molecule has 25 heavy (non-hydrogen) atoms. The van der Waals surface area contributed by atoms with Crippen LogP contribution in [0.5, 0.6) is 5.75 Å². The molecule has 1 saturated carbocycles. The van der Waals surface area contributed by atoms with Gasteiger partial charge in [-0.1, -0.05) is 32.4 Å². The Labute approximate surface area is 155 Å². The third-order valence-corrected chi connectivity index (χ3v) is 10.6. The maximum atomic E-state index is 6.68. The van der Waals surface area contributed by atoms with E-state index in [1.165, 1.54) is 0 Å². The average molecular weight is 382 g/mol. The van der Waals surface area contributed by atoms with Gasteiger partial charge in [-0.2, -0.15) is 0 Å². The van der Waals surface area contributed by atoms with Gasteiger partial charge < -0.3 is 13.7 Å². The summed E-state index contributed by atoms with van der Waals surface area (Å²) in [6.45, 7) is 13.7. The van der Waals surface area contributed by atoms with E-state index >= 15 is 0 Å². The molecule has 2 heterocycles. The highest BCUT2D eigenvalue weighted by Gasteiger charge is 2.49. The van der Waals surface area contributed by atoms with Gasteiger partial charge in [-0.05, 0) is 44.0 Å². The Hall–Kier alpha value is -1.11. The van der Waals surface area contributed by atoms with E-state index in [4.69, 9.17) is 20.8 Å². The van der Waals surface area contributed by atoms with E-state index < -0.39 is 8.32 Å². The van der Waals surface area contributed by atoms with Crippen LogP contribution in [0.3, 0.4) is 0 Å². The second kappa shape index (κ2) is 5.96. The average Bonchev–Trinajstić information content (AvgIpc) is 2.80. The fraction of sp³-hybridized carbons (Fsp3) is 0.667. The van der Waals surface area contributed by atoms with Crippen molar-refractivity contribution < 1.29 is 9.16 Å². The van der Waals surface area contributed by atoms with Crippen molar-refractivity contribution in [2.75, 3.05) is 7.11 Å². The van der Waals surface area contributed by atoms with Crippen LogP contribution in [-0.2, 0) is 4.43 Å². The van der Waals surface area contributed by atoms with Gasteiger partial charge in [0.1, 0.15) is 5.75 Å². The van der Waals surface area contributed by atoms with E-state index in [0.717, 1.165) is 29.6 Å². The van der Waals surface area contributed by atoms with E-state index in [9.17, 15) is 0 Å². The summed E-state index contributed by atoms with van der Waals surface area (Å²) in [4.78, 5) is 0. The molecule has 3 rings (SSSR count). The lowest BCUT2D eigenvalue weighted by molar-refractivity contribution is -0.0378. The number of hydrogen-bond acceptors (Lipinski definition) is 4. The highest BCUT2D eigenvalue weighted by atomic mass is 35.5. The van der Waals surface area contributed by atoms with Crippen LogP contribution < -0.4 is 4.74 Å². The number of ether oxygens (including phenoxy) is 1. The second-order valence-electron chi connectivity index (χ2n) is 8.88. The minimum Gasteiger partial charge on any atom is -0.494 e. The van der Waals surface area contributed by atoms with Gasteiger partial charge in [0.15, 0.2) is 19.1 Å². The highest BCUT2D eigenvalue weighted by Crippen LogP contribution is 2.50. The Bertz CT molecular complexity index is 791. The molecule has 0 radical (unpaired) electrons. The molecular weight excluding hydrogens is 354 g/mol.